The fourth-order valence-corrected chi connectivity index (χ4v) is 2.60. The van der Waals surface area contributed by atoms with Crippen LogP contribution in [0.2, 0.25) is 0 Å². The first-order valence-corrected chi connectivity index (χ1v) is 7.67. The smallest absolute Gasteiger partial charge is 0.310 e. The minimum absolute atomic E-state index is 0.0166. The number of ether oxygens (including phenoxy) is 3. The lowest BCUT2D eigenvalue weighted by atomic mass is 9.97. The Morgan fingerprint density at radius 3 is 2.61 bits per heavy atom. The molecule has 124 valence electrons. The fourth-order valence-electron chi connectivity index (χ4n) is 2.60. The first-order chi connectivity index (χ1) is 11.0. The number of methoxy groups -OCH3 is 2. The number of ketones is 1. The van der Waals surface area contributed by atoms with E-state index in [1.54, 1.807) is 12.1 Å². The third kappa shape index (κ3) is 4.34. The maximum Gasteiger partial charge on any atom is 0.310 e. The number of cyclic esters (lactones) is 1. The minimum Gasteiger partial charge on any atom is -0.497 e. The quantitative estimate of drug-likeness (QED) is 0.619. The van der Waals surface area contributed by atoms with E-state index < -0.39 is 0 Å². The number of Topliss-reactive ketones (excluding diaryl/α,β-unsaturated/α-hetero) is 1. The molecule has 0 saturated heterocycles. The lowest BCUT2D eigenvalue weighted by Crippen LogP contribution is -2.18. The van der Waals surface area contributed by atoms with Gasteiger partial charge in [0.05, 0.1) is 32.3 Å². The van der Waals surface area contributed by atoms with Crippen molar-refractivity contribution in [3.63, 3.8) is 0 Å². The molecule has 1 aromatic carbocycles. The second kappa shape index (κ2) is 7.81. The summed E-state index contributed by atoms with van der Waals surface area (Å²) in [6.45, 7) is 1.87. The van der Waals surface area contributed by atoms with Crippen molar-refractivity contribution in [2.24, 2.45) is 0 Å². The Kier molecular flexibility index (Phi) is 5.79. The summed E-state index contributed by atoms with van der Waals surface area (Å²) in [4.78, 5) is 24.7. The van der Waals surface area contributed by atoms with Gasteiger partial charge < -0.3 is 14.2 Å². The molecule has 0 fully saturated rings. The Hall–Kier alpha value is -2.30. The van der Waals surface area contributed by atoms with Crippen molar-refractivity contribution in [3.8, 4) is 11.5 Å². The minimum atomic E-state index is -0.355. The molecule has 1 heterocycles. The zero-order valence-electron chi connectivity index (χ0n) is 13.8. The Labute approximate surface area is 136 Å². The highest BCUT2D eigenvalue weighted by Crippen LogP contribution is 2.31. The highest BCUT2D eigenvalue weighted by molar-refractivity contribution is 6.02. The number of esters is 1. The standard InChI is InChI=1S/C18H22O5/c1-12-7-5-4-6-8-15(19)18-13(10-17(20)23-12)9-14(21-2)11-16(18)22-3/h4,6,9,11-12H,5,7-8,10H2,1-3H3/b6-4+/t12-/m0/s1. The van der Waals surface area contributed by atoms with E-state index in [0.717, 1.165) is 12.8 Å². The molecule has 23 heavy (non-hydrogen) atoms. The van der Waals surface area contributed by atoms with Crippen LogP contribution in [0.25, 0.3) is 0 Å². The monoisotopic (exact) mass is 318 g/mol. The zero-order valence-corrected chi connectivity index (χ0v) is 13.8. The Morgan fingerprint density at radius 2 is 1.91 bits per heavy atom. The van der Waals surface area contributed by atoms with Gasteiger partial charge in [-0.05, 0) is 31.4 Å². The predicted molar refractivity (Wildman–Crippen MR) is 86.1 cm³/mol. The fraction of sp³-hybridized carbons (Fsp3) is 0.444. The van der Waals surface area contributed by atoms with Crippen LogP contribution in [0.5, 0.6) is 11.5 Å². The van der Waals surface area contributed by atoms with Crippen molar-refractivity contribution < 1.29 is 23.8 Å². The van der Waals surface area contributed by atoms with E-state index in [2.05, 4.69) is 0 Å². The summed E-state index contributed by atoms with van der Waals surface area (Å²) >= 11 is 0. The van der Waals surface area contributed by atoms with Crippen LogP contribution in [0.15, 0.2) is 24.3 Å². The van der Waals surface area contributed by atoms with E-state index in [1.165, 1.54) is 14.2 Å². The van der Waals surface area contributed by atoms with Crippen LogP contribution in [0, 0.1) is 0 Å². The van der Waals surface area contributed by atoms with E-state index in [9.17, 15) is 9.59 Å². The summed E-state index contributed by atoms with van der Waals surface area (Å²) < 4.78 is 16.0. The van der Waals surface area contributed by atoms with Crippen LogP contribution in [-0.4, -0.2) is 32.1 Å². The third-order valence-electron chi connectivity index (χ3n) is 3.77. The molecule has 2 rings (SSSR count). The van der Waals surface area contributed by atoms with Crippen molar-refractivity contribution >= 4 is 11.8 Å². The molecule has 0 N–H and O–H groups in total. The van der Waals surface area contributed by atoms with Gasteiger partial charge in [-0.15, -0.1) is 0 Å². The van der Waals surface area contributed by atoms with Gasteiger partial charge in [0.25, 0.3) is 0 Å². The summed E-state index contributed by atoms with van der Waals surface area (Å²) in [5.74, 6) is 0.510. The number of carbonyl (C=O) groups is 2. The largest absolute Gasteiger partial charge is 0.497 e. The van der Waals surface area contributed by atoms with Gasteiger partial charge in [0.2, 0.25) is 0 Å². The highest BCUT2D eigenvalue weighted by Gasteiger charge is 2.22. The van der Waals surface area contributed by atoms with E-state index >= 15 is 0 Å². The average molecular weight is 318 g/mol. The molecular formula is C18H22O5. The summed E-state index contributed by atoms with van der Waals surface area (Å²) in [6.07, 6.45) is 5.45. The second-order valence-corrected chi connectivity index (χ2v) is 5.52. The molecule has 0 aliphatic carbocycles. The van der Waals surface area contributed by atoms with Crippen LogP contribution in [0.3, 0.4) is 0 Å². The second-order valence-electron chi connectivity index (χ2n) is 5.52. The zero-order chi connectivity index (χ0) is 16.8. The number of hydrogen-bond donors (Lipinski definition) is 0. The summed E-state index contributed by atoms with van der Waals surface area (Å²) in [6, 6.07) is 3.34. The van der Waals surface area contributed by atoms with Gasteiger partial charge in [0.15, 0.2) is 5.78 Å². The molecule has 0 spiro atoms. The van der Waals surface area contributed by atoms with Crippen LogP contribution >= 0.6 is 0 Å². The average Bonchev–Trinajstić information content (AvgIpc) is 2.52. The summed E-state index contributed by atoms with van der Waals surface area (Å²) in [7, 11) is 3.02. The van der Waals surface area contributed by atoms with Crippen molar-refractivity contribution in [2.75, 3.05) is 14.2 Å². The molecule has 0 bridgehead atoms. The highest BCUT2D eigenvalue weighted by atomic mass is 16.5. The van der Waals surface area contributed by atoms with Gasteiger partial charge in [-0.2, -0.15) is 0 Å². The Bertz CT molecular complexity index is 618. The lowest BCUT2D eigenvalue weighted by molar-refractivity contribution is -0.147. The number of rotatable bonds is 2. The number of carbonyl (C=O) groups excluding carboxylic acids is 2. The Balaban J connectivity index is 2.48. The van der Waals surface area contributed by atoms with Crippen molar-refractivity contribution in [1.29, 1.82) is 0 Å². The maximum atomic E-state index is 12.5. The number of hydrogen-bond acceptors (Lipinski definition) is 5. The van der Waals surface area contributed by atoms with Gasteiger partial charge in [-0.25, -0.2) is 0 Å². The van der Waals surface area contributed by atoms with Gasteiger partial charge in [0.1, 0.15) is 11.5 Å². The third-order valence-corrected chi connectivity index (χ3v) is 3.77. The van der Waals surface area contributed by atoms with Gasteiger partial charge in [-0.1, -0.05) is 12.2 Å². The van der Waals surface area contributed by atoms with Crippen LogP contribution < -0.4 is 9.47 Å². The molecule has 5 nitrogen and oxygen atoms in total. The van der Waals surface area contributed by atoms with E-state index in [4.69, 9.17) is 14.2 Å². The molecule has 1 atom stereocenters. The Morgan fingerprint density at radius 1 is 1.13 bits per heavy atom. The van der Waals surface area contributed by atoms with Crippen LogP contribution in [0.4, 0.5) is 0 Å². The first kappa shape index (κ1) is 17.1. The molecule has 0 saturated carbocycles. The van der Waals surface area contributed by atoms with Crippen molar-refractivity contribution in [2.45, 2.75) is 38.7 Å². The van der Waals surface area contributed by atoms with Gasteiger partial charge >= 0.3 is 5.97 Å². The summed E-state index contributed by atoms with van der Waals surface area (Å²) in [5, 5.41) is 0. The maximum absolute atomic E-state index is 12.5. The number of allylic oxidation sites excluding steroid dienone is 2. The summed E-state index contributed by atoms with van der Waals surface area (Å²) in [5.41, 5.74) is 0.987. The molecule has 0 unspecified atom stereocenters. The van der Waals surface area contributed by atoms with Crippen LogP contribution in [0.1, 0.15) is 42.1 Å². The van der Waals surface area contributed by atoms with Gasteiger partial charge in [0, 0.05) is 12.5 Å². The van der Waals surface area contributed by atoms with Gasteiger partial charge in [-0.3, -0.25) is 9.59 Å². The molecule has 1 aliphatic heterocycles. The van der Waals surface area contributed by atoms with E-state index in [0.29, 0.717) is 22.6 Å². The molecule has 0 radical (unpaired) electrons. The normalized spacial score (nSPS) is 20.6. The number of benzene rings is 1. The topological polar surface area (TPSA) is 61.8 Å². The molecule has 0 aromatic heterocycles. The molecular weight excluding hydrogens is 296 g/mol. The first-order valence-electron chi connectivity index (χ1n) is 7.67. The molecule has 1 aromatic rings. The van der Waals surface area contributed by atoms with E-state index in [1.807, 2.05) is 19.1 Å². The van der Waals surface area contributed by atoms with Crippen molar-refractivity contribution in [1.82, 2.24) is 0 Å². The predicted octanol–water partition coefficient (Wildman–Crippen LogP) is 3.10. The molecule has 5 heteroatoms. The van der Waals surface area contributed by atoms with Crippen LogP contribution in [-0.2, 0) is 16.0 Å². The lowest BCUT2D eigenvalue weighted by Gasteiger charge is -2.17. The number of fused-ring (bicyclic) bond motifs is 1. The molecule has 1 aliphatic rings. The van der Waals surface area contributed by atoms with Crippen molar-refractivity contribution in [3.05, 3.63) is 35.4 Å². The molecule has 0 amide bonds. The van der Waals surface area contributed by atoms with E-state index in [-0.39, 0.29) is 30.7 Å². The SMILES string of the molecule is COc1cc2c(c(OC)c1)C(=O)C/C=C/CC[C@H](C)OC(=O)C2.